The predicted octanol–water partition coefficient (Wildman–Crippen LogP) is 2.16. The molecule has 0 spiro atoms. The standard InChI is InChI=1S/C15H16BrNO5/c16-11-7-10(8-12-13(11)22-6-5-21-12)14(18)17-3-1-9(2-4-17)15(19)20/h7-9H,1-6H2,(H,19,20). The van der Waals surface area contributed by atoms with Gasteiger partial charge in [-0.1, -0.05) is 0 Å². The average molecular weight is 370 g/mol. The Hall–Kier alpha value is -1.76. The van der Waals surface area contributed by atoms with Crippen molar-refractivity contribution in [2.75, 3.05) is 26.3 Å². The first kappa shape index (κ1) is 15.1. The summed E-state index contributed by atoms with van der Waals surface area (Å²) in [5.74, 6) is -0.0662. The maximum atomic E-state index is 12.6. The Morgan fingerprint density at radius 2 is 1.86 bits per heavy atom. The summed E-state index contributed by atoms with van der Waals surface area (Å²) in [4.78, 5) is 25.2. The van der Waals surface area contributed by atoms with Gasteiger partial charge in [0.05, 0.1) is 10.4 Å². The lowest BCUT2D eigenvalue weighted by molar-refractivity contribution is -0.143. The van der Waals surface area contributed by atoms with Gasteiger partial charge in [-0.3, -0.25) is 9.59 Å². The van der Waals surface area contributed by atoms with Crippen LogP contribution in [-0.4, -0.2) is 48.2 Å². The van der Waals surface area contributed by atoms with Crippen LogP contribution in [0.25, 0.3) is 0 Å². The number of carbonyl (C=O) groups excluding carboxylic acids is 1. The lowest BCUT2D eigenvalue weighted by atomic mass is 9.96. The monoisotopic (exact) mass is 369 g/mol. The molecule has 2 aliphatic heterocycles. The summed E-state index contributed by atoms with van der Waals surface area (Å²) < 4.78 is 11.7. The highest BCUT2D eigenvalue weighted by atomic mass is 79.9. The van der Waals surface area contributed by atoms with Gasteiger partial charge in [0.1, 0.15) is 13.2 Å². The second kappa shape index (κ2) is 6.16. The number of hydrogen-bond acceptors (Lipinski definition) is 4. The van der Waals surface area contributed by atoms with Gasteiger partial charge < -0.3 is 19.5 Å². The van der Waals surface area contributed by atoms with Crippen molar-refractivity contribution >= 4 is 27.8 Å². The van der Waals surface area contributed by atoms with E-state index in [-0.39, 0.29) is 11.8 Å². The van der Waals surface area contributed by atoms with E-state index in [4.69, 9.17) is 14.6 Å². The van der Waals surface area contributed by atoms with E-state index in [0.29, 0.717) is 60.7 Å². The van der Waals surface area contributed by atoms with Crippen LogP contribution in [0.1, 0.15) is 23.2 Å². The molecule has 0 atom stereocenters. The molecule has 0 unspecified atom stereocenters. The van der Waals surface area contributed by atoms with Gasteiger partial charge in [-0.2, -0.15) is 0 Å². The van der Waals surface area contributed by atoms with Crippen LogP contribution in [0.4, 0.5) is 0 Å². The van der Waals surface area contributed by atoms with E-state index < -0.39 is 5.97 Å². The fraction of sp³-hybridized carbons (Fsp3) is 0.467. The van der Waals surface area contributed by atoms with Crippen molar-refractivity contribution in [3.8, 4) is 11.5 Å². The number of fused-ring (bicyclic) bond motifs is 1. The van der Waals surface area contributed by atoms with Crippen LogP contribution in [-0.2, 0) is 4.79 Å². The van der Waals surface area contributed by atoms with Crippen molar-refractivity contribution in [3.05, 3.63) is 22.2 Å². The Morgan fingerprint density at radius 1 is 1.18 bits per heavy atom. The van der Waals surface area contributed by atoms with E-state index in [1.165, 1.54) is 0 Å². The SMILES string of the molecule is O=C(O)C1CCN(C(=O)c2cc(Br)c3c(c2)OCCO3)CC1. The minimum Gasteiger partial charge on any atom is -0.486 e. The molecule has 1 aromatic carbocycles. The molecule has 0 aliphatic carbocycles. The maximum absolute atomic E-state index is 12.6. The predicted molar refractivity (Wildman–Crippen MR) is 81.4 cm³/mol. The van der Waals surface area contributed by atoms with Crippen LogP contribution >= 0.6 is 15.9 Å². The van der Waals surface area contributed by atoms with Gasteiger partial charge in [0, 0.05) is 18.7 Å². The maximum Gasteiger partial charge on any atom is 0.306 e. The van der Waals surface area contributed by atoms with E-state index in [1.54, 1.807) is 17.0 Å². The molecule has 1 saturated heterocycles. The quantitative estimate of drug-likeness (QED) is 0.864. The minimum absolute atomic E-state index is 0.110. The largest absolute Gasteiger partial charge is 0.486 e. The van der Waals surface area contributed by atoms with E-state index in [9.17, 15) is 9.59 Å². The van der Waals surface area contributed by atoms with Crippen molar-refractivity contribution in [1.82, 2.24) is 4.90 Å². The normalized spacial score (nSPS) is 18.1. The van der Waals surface area contributed by atoms with Crippen molar-refractivity contribution in [2.24, 2.45) is 5.92 Å². The van der Waals surface area contributed by atoms with Crippen molar-refractivity contribution in [2.45, 2.75) is 12.8 Å². The van der Waals surface area contributed by atoms with Gasteiger partial charge in [0.15, 0.2) is 11.5 Å². The van der Waals surface area contributed by atoms with Gasteiger partial charge in [-0.05, 0) is 40.9 Å². The third kappa shape index (κ3) is 2.90. The topological polar surface area (TPSA) is 76.1 Å². The van der Waals surface area contributed by atoms with E-state index in [0.717, 1.165) is 0 Å². The number of carbonyl (C=O) groups is 2. The Labute approximate surface area is 136 Å². The van der Waals surface area contributed by atoms with Crippen molar-refractivity contribution < 1.29 is 24.2 Å². The highest BCUT2D eigenvalue weighted by Gasteiger charge is 2.28. The van der Waals surface area contributed by atoms with E-state index in [2.05, 4.69) is 15.9 Å². The molecule has 1 aromatic rings. The zero-order valence-corrected chi connectivity index (χ0v) is 13.5. The molecule has 1 amide bonds. The van der Waals surface area contributed by atoms with Crippen LogP contribution in [0.3, 0.4) is 0 Å². The fourth-order valence-electron chi connectivity index (χ4n) is 2.75. The number of rotatable bonds is 2. The molecule has 0 radical (unpaired) electrons. The number of piperidine rings is 1. The number of carboxylic acid groups (broad SMARTS) is 1. The first-order chi connectivity index (χ1) is 10.6. The van der Waals surface area contributed by atoms with E-state index in [1.807, 2.05) is 0 Å². The van der Waals surface area contributed by atoms with Gasteiger partial charge in [0.25, 0.3) is 5.91 Å². The summed E-state index contributed by atoms with van der Waals surface area (Å²) in [5, 5.41) is 9.01. The molecular formula is C15H16BrNO5. The number of hydrogen-bond donors (Lipinski definition) is 1. The highest BCUT2D eigenvalue weighted by Crippen LogP contribution is 2.39. The highest BCUT2D eigenvalue weighted by molar-refractivity contribution is 9.10. The van der Waals surface area contributed by atoms with Crippen LogP contribution in [0.15, 0.2) is 16.6 Å². The molecule has 2 aliphatic rings. The summed E-state index contributed by atoms with van der Waals surface area (Å²) in [6, 6.07) is 3.41. The Morgan fingerprint density at radius 3 is 2.55 bits per heavy atom. The van der Waals surface area contributed by atoms with Crippen LogP contribution in [0, 0.1) is 5.92 Å². The number of aliphatic carboxylic acids is 1. The first-order valence-electron chi connectivity index (χ1n) is 7.17. The Kier molecular flexibility index (Phi) is 4.24. The number of halogens is 1. The summed E-state index contributed by atoms with van der Waals surface area (Å²) in [5.41, 5.74) is 0.518. The van der Waals surface area contributed by atoms with Crippen LogP contribution in [0.2, 0.25) is 0 Å². The molecular weight excluding hydrogens is 354 g/mol. The second-order valence-corrected chi connectivity index (χ2v) is 6.24. The summed E-state index contributed by atoms with van der Waals surface area (Å²) in [6.45, 7) is 1.87. The summed E-state index contributed by atoms with van der Waals surface area (Å²) >= 11 is 3.40. The number of amides is 1. The molecule has 0 saturated carbocycles. The summed E-state index contributed by atoms with van der Waals surface area (Å²) in [7, 11) is 0. The van der Waals surface area contributed by atoms with Crippen LogP contribution in [0.5, 0.6) is 11.5 Å². The molecule has 3 rings (SSSR count). The number of carboxylic acids is 1. The van der Waals surface area contributed by atoms with Gasteiger partial charge in [-0.15, -0.1) is 0 Å². The van der Waals surface area contributed by atoms with Gasteiger partial charge in [-0.25, -0.2) is 0 Å². The number of nitrogens with zero attached hydrogens (tertiary/aromatic N) is 1. The third-order valence-corrected chi connectivity index (χ3v) is 4.56. The summed E-state index contributed by atoms with van der Waals surface area (Å²) in [6.07, 6.45) is 0.986. The number of ether oxygens (including phenoxy) is 2. The molecule has 0 bridgehead atoms. The molecule has 22 heavy (non-hydrogen) atoms. The lowest BCUT2D eigenvalue weighted by Crippen LogP contribution is -2.40. The number of likely N-dealkylation sites (tertiary alicyclic amines) is 1. The molecule has 7 heteroatoms. The molecule has 6 nitrogen and oxygen atoms in total. The Bertz CT molecular complexity index is 610. The van der Waals surface area contributed by atoms with Crippen molar-refractivity contribution in [1.29, 1.82) is 0 Å². The smallest absolute Gasteiger partial charge is 0.306 e. The van der Waals surface area contributed by atoms with Crippen molar-refractivity contribution in [3.63, 3.8) is 0 Å². The zero-order chi connectivity index (χ0) is 15.7. The molecule has 2 heterocycles. The minimum atomic E-state index is -0.783. The lowest BCUT2D eigenvalue weighted by Gasteiger charge is -2.30. The third-order valence-electron chi connectivity index (χ3n) is 3.98. The second-order valence-electron chi connectivity index (χ2n) is 5.39. The molecule has 0 aromatic heterocycles. The van der Waals surface area contributed by atoms with Gasteiger partial charge >= 0.3 is 5.97 Å². The number of benzene rings is 1. The fourth-order valence-corrected chi connectivity index (χ4v) is 3.30. The molecule has 118 valence electrons. The average Bonchev–Trinajstić information content (AvgIpc) is 2.54. The first-order valence-corrected chi connectivity index (χ1v) is 7.97. The van der Waals surface area contributed by atoms with Crippen LogP contribution < -0.4 is 9.47 Å². The van der Waals surface area contributed by atoms with Gasteiger partial charge in [0.2, 0.25) is 0 Å². The van der Waals surface area contributed by atoms with E-state index >= 15 is 0 Å². The molecule has 1 fully saturated rings. The Balaban J connectivity index is 1.76. The zero-order valence-electron chi connectivity index (χ0n) is 11.9. The molecule has 1 N–H and O–H groups in total.